The summed E-state index contributed by atoms with van der Waals surface area (Å²) in [5.74, 6) is -0.965. The number of aromatic hydroxyl groups is 1. The third kappa shape index (κ3) is 3.74. The quantitative estimate of drug-likeness (QED) is 0.691. The molecular formula is C24H31NO6. The van der Waals surface area contributed by atoms with E-state index in [4.69, 9.17) is 13.9 Å². The lowest BCUT2D eigenvalue weighted by Gasteiger charge is -2.44. The van der Waals surface area contributed by atoms with E-state index >= 15 is 0 Å². The van der Waals surface area contributed by atoms with Gasteiger partial charge in [0.2, 0.25) is 5.91 Å². The Bertz CT molecular complexity index is 1050. The van der Waals surface area contributed by atoms with Crippen molar-refractivity contribution in [3.63, 3.8) is 0 Å². The number of anilines is 1. The topological polar surface area (TPSA) is 98.0 Å². The van der Waals surface area contributed by atoms with E-state index in [2.05, 4.69) is 5.32 Å². The summed E-state index contributed by atoms with van der Waals surface area (Å²) in [5.41, 5.74) is 0.791. The van der Waals surface area contributed by atoms with E-state index in [0.29, 0.717) is 11.0 Å². The molecule has 1 amide bonds. The Kier molecular flexibility index (Phi) is 5.83. The fourth-order valence-electron chi connectivity index (χ4n) is 5.08. The van der Waals surface area contributed by atoms with Crippen LogP contribution in [0.1, 0.15) is 69.6 Å². The third-order valence-corrected chi connectivity index (χ3v) is 6.85. The monoisotopic (exact) mass is 429 g/mol. The van der Waals surface area contributed by atoms with Gasteiger partial charge in [0, 0.05) is 13.0 Å². The molecule has 7 heteroatoms. The van der Waals surface area contributed by atoms with Crippen LogP contribution in [0.5, 0.6) is 5.75 Å². The lowest BCUT2D eigenvalue weighted by molar-refractivity contribution is -0.197. The second-order valence-electron chi connectivity index (χ2n) is 9.09. The third-order valence-electron chi connectivity index (χ3n) is 6.85. The predicted molar refractivity (Wildman–Crippen MR) is 117 cm³/mol. The average molecular weight is 430 g/mol. The SMILES string of the molecule is COC1CCC(c2ccc3c(O)c(NC(=O)C(C)C)c(=O)oc3c2C)OC12CCCC2. The number of ether oxygens (including phenoxy) is 2. The number of fused-ring (bicyclic) bond motifs is 1. The number of amides is 1. The molecule has 1 saturated carbocycles. The lowest BCUT2D eigenvalue weighted by Crippen LogP contribution is -2.48. The Labute approximate surface area is 181 Å². The maximum Gasteiger partial charge on any atom is 0.364 e. The van der Waals surface area contributed by atoms with Gasteiger partial charge < -0.3 is 24.3 Å². The van der Waals surface area contributed by atoms with Gasteiger partial charge in [0.25, 0.3) is 0 Å². The maximum atomic E-state index is 12.5. The molecule has 2 aliphatic rings. The zero-order chi connectivity index (χ0) is 22.3. The van der Waals surface area contributed by atoms with Crippen molar-refractivity contribution < 1.29 is 23.8 Å². The first-order valence-corrected chi connectivity index (χ1v) is 11.1. The second-order valence-corrected chi connectivity index (χ2v) is 9.09. The van der Waals surface area contributed by atoms with Crippen molar-refractivity contribution in [2.45, 2.75) is 77.1 Å². The Morgan fingerprint density at radius 2 is 1.97 bits per heavy atom. The predicted octanol–water partition coefficient (Wildman–Crippen LogP) is 4.58. The number of nitrogens with one attached hydrogen (secondary N) is 1. The molecular weight excluding hydrogens is 398 g/mol. The maximum absolute atomic E-state index is 12.5. The minimum atomic E-state index is -0.768. The van der Waals surface area contributed by atoms with Gasteiger partial charge >= 0.3 is 5.63 Å². The molecule has 2 aromatic rings. The van der Waals surface area contributed by atoms with Gasteiger partial charge in [0.05, 0.1) is 23.2 Å². The van der Waals surface area contributed by atoms with Gasteiger partial charge in [-0.1, -0.05) is 32.8 Å². The molecule has 0 radical (unpaired) electrons. The highest BCUT2D eigenvalue weighted by molar-refractivity contribution is 5.98. The first-order chi connectivity index (χ1) is 14.8. The summed E-state index contributed by atoms with van der Waals surface area (Å²) in [7, 11) is 1.75. The van der Waals surface area contributed by atoms with E-state index in [1.807, 2.05) is 13.0 Å². The van der Waals surface area contributed by atoms with Crippen LogP contribution in [-0.2, 0) is 14.3 Å². The van der Waals surface area contributed by atoms with Gasteiger partial charge in [-0.3, -0.25) is 4.79 Å². The second kappa shape index (κ2) is 8.28. The van der Waals surface area contributed by atoms with Crippen LogP contribution in [-0.4, -0.2) is 29.8 Å². The molecule has 1 aromatic carbocycles. The molecule has 2 fully saturated rings. The van der Waals surface area contributed by atoms with Gasteiger partial charge in [0.15, 0.2) is 11.4 Å². The van der Waals surface area contributed by atoms with E-state index in [0.717, 1.165) is 49.7 Å². The van der Waals surface area contributed by atoms with E-state index in [1.165, 1.54) is 0 Å². The minimum Gasteiger partial charge on any atom is -0.505 e. The van der Waals surface area contributed by atoms with Crippen LogP contribution in [0.4, 0.5) is 5.69 Å². The number of benzene rings is 1. The van der Waals surface area contributed by atoms with Gasteiger partial charge in [-0.05, 0) is 49.8 Å². The van der Waals surface area contributed by atoms with Crippen LogP contribution in [0, 0.1) is 12.8 Å². The van der Waals surface area contributed by atoms with Crippen molar-refractivity contribution in [3.8, 4) is 5.75 Å². The number of methoxy groups -OCH3 is 1. The molecule has 168 valence electrons. The normalized spacial score (nSPS) is 23.0. The molecule has 31 heavy (non-hydrogen) atoms. The minimum absolute atomic E-state index is 0.0983. The van der Waals surface area contributed by atoms with Crippen molar-refractivity contribution in [3.05, 3.63) is 33.7 Å². The van der Waals surface area contributed by atoms with E-state index in [1.54, 1.807) is 27.0 Å². The van der Waals surface area contributed by atoms with Crippen LogP contribution >= 0.6 is 0 Å². The van der Waals surface area contributed by atoms with Gasteiger partial charge in [-0.25, -0.2) is 4.79 Å². The molecule has 1 aliphatic heterocycles. The van der Waals surface area contributed by atoms with Crippen molar-refractivity contribution in [2.24, 2.45) is 5.92 Å². The molecule has 1 aromatic heterocycles. The van der Waals surface area contributed by atoms with Crippen LogP contribution in [0.25, 0.3) is 11.0 Å². The number of hydrogen-bond acceptors (Lipinski definition) is 6. The van der Waals surface area contributed by atoms with Gasteiger partial charge in [-0.2, -0.15) is 0 Å². The van der Waals surface area contributed by atoms with Crippen LogP contribution in [0.15, 0.2) is 21.3 Å². The zero-order valence-corrected chi connectivity index (χ0v) is 18.6. The van der Waals surface area contributed by atoms with E-state index < -0.39 is 5.63 Å². The number of rotatable bonds is 4. The number of aryl methyl sites for hydroxylation is 1. The van der Waals surface area contributed by atoms with Gasteiger partial charge in [0.1, 0.15) is 5.58 Å². The van der Waals surface area contributed by atoms with Crippen LogP contribution in [0.3, 0.4) is 0 Å². The molecule has 2 heterocycles. The Morgan fingerprint density at radius 1 is 1.26 bits per heavy atom. The highest BCUT2D eigenvalue weighted by Gasteiger charge is 2.47. The van der Waals surface area contributed by atoms with Crippen molar-refractivity contribution in [1.29, 1.82) is 0 Å². The molecule has 4 rings (SSSR count). The van der Waals surface area contributed by atoms with Crippen molar-refractivity contribution >= 4 is 22.6 Å². The average Bonchev–Trinajstić information content (AvgIpc) is 3.20. The summed E-state index contributed by atoms with van der Waals surface area (Å²) in [6.07, 6.45) is 5.95. The molecule has 2 atom stereocenters. The number of hydrogen-bond donors (Lipinski definition) is 2. The molecule has 1 spiro atoms. The molecule has 0 bridgehead atoms. The van der Waals surface area contributed by atoms with Crippen LogP contribution in [0.2, 0.25) is 0 Å². The smallest absolute Gasteiger partial charge is 0.364 e. The summed E-state index contributed by atoms with van der Waals surface area (Å²) in [5, 5.41) is 13.6. The zero-order valence-electron chi connectivity index (χ0n) is 18.6. The highest BCUT2D eigenvalue weighted by Crippen LogP contribution is 2.48. The molecule has 2 unspecified atom stereocenters. The lowest BCUT2D eigenvalue weighted by atomic mass is 9.84. The molecule has 2 N–H and O–H groups in total. The van der Waals surface area contributed by atoms with Crippen molar-refractivity contribution in [1.82, 2.24) is 0 Å². The molecule has 1 saturated heterocycles. The summed E-state index contributed by atoms with van der Waals surface area (Å²) >= 11 is 0. The fraction of sp³-hybridized carbons (Fsp3) is 0.583. The largest absolute Gasteiger partial charge is 0.505 e. The Hall–Kier alpha value is -2.38. The summed E-state index contributed by atoms with van der Waals surface area (Å²) in [6.45, 7) is 5.29. The van der Waals surface area contributed by atoms with E-state index in [9.17, 15) is 14.7 Å². The van der Waals surface area contributed by atoms with Gasteiger partial charge in [-0.15, -0.1) is 0 Å². The Balaban J connectivity index is 1.72. The molecule has 7 nitrogen and oxygen atoms in total. The summed E-state index contributed by atoms with van der Waals surface area (Å²) < 4.78 is 18.0. The highest BCUT2D eigenvalue weighted by atomic mass is 16.6. The molecule has 1 aliphatic carbocycles. The van der Waals surface area contributed by atoms with E-state index in [-0.39, 0.29) is 41.1 Å². The number of carbonyl (C=O) groups excluding carboxylic acids is 1. The first kappa shape index (κ1) is 21.8. The summed E-state index contributed by atoms with van der Waals surface area (Å²) in [6, 6.07) is 3.65. The standard InChI is InChI=1S/C24H31NO6/c1-13(2)22(27)25-19-20(26)16-8-7-15(14(3)21(16)30-23(19)28)17-9-10-18(29-4)24(31-17)11-5-6-12-24/h7-8,13,17-18,26H,5-6,9-12H2,1-4H3,(H,25,27). The first-order valence-electron chi connectivity index (χ1n) is 11.1. The summed E-state index contributed by atoms with van der Waals surface area (Å²) in [4.78, 5) is 24.6. The Morgan fingerprint density at radius 3 is 2.61 bits per heavy atom. The number of carbonyl (C=O) groups is 1. The van der Waals surface area contributed by atoms with Crippen LogP contribution < -0.4 is 10.9 Å². The van der Waals surface area contributed by atoms with Crippen molar-refractivity contribution in [2.75, 3.05) is 12.4 Å². The fourth-order valence-corrected chi connectivity index (χ4v) is 5.08.